The topological polar surface area (TPSA) is 91.1 Å². The normalized spacial score (nSPS) is 21.8. The Hall–Kier alpha value is -2.36. The van der Waals surface area contributed by atoms with Crippen LogP contribution in [0.2, 0.25) is 0 Å². The van der Waals surface area contributed by atoms with Crippen LogP contribution < -0.4 is 10.1 Å². The zero-order valence-electron chi connectivity index (χ0n) is 13.8. The Labute approximate surface area is 142 Å². The molecule has 2 aliphatic rings. The molecule has 1 aromatic rings. The Morgan fingerprint density at radius 1 is 1.21 bits per heavy atom. The molecule has 2 amide bonds. The number of hydrogen-bond acceptors (Lipinski definition) is 5. The summed E-state index contributed by atoms with van der Waals surface area (Å²) < 4.78 is 5.77. The van der Waals surface area contributed by atoms with Crippen LogP contribution in [0.1, 0.15) is 50.6 Å². The molecular formula is C17H23N5O2. The lowest BCUT2D eigenvalue weighted by molar-refractivity contribution is 0.179. The summed E-state index contributed by atoms with van der Waals surface area (Å²) in [4.78, 5) is 22.2. The monoisotopic (exact) mass is 329 g/mol. The molecule has 1 N–H and O–H groups in total. The summed E-state index contributed by atoms with van der Waals surface area (Å²) in [5.41, 5.74) is 0.179. The van der Waals surface area contributed by atoms with Crippen LogP contribution in [0.3, 0.4) is 0 Å². The Kier molecular flexibility index (Phi) is 5.47. The third kappa shape index (κ3) is 4.13. The van der Waals surface area contributed by atoms with Gasteiger partial charge in [-0.2, -0.15) is 5.26 Å². The highest BCUT2D eigenvalue weighted by molar-refractivity contribution is 5.74. The number of amides is 2. The molecule has 3 rings (SSSR count). The molecule has 1 saturated heterocycles. The molecule has 128 valence electrons. The number of likely N-dealkylation sites (tertiary alicyclic amines) is 1. The Balaban J connectivity index is 1.51. The van der Waals surface area contributed by atoms with Crippen LogP contribution in [0.15, 0.2) is 12.4 Å². The van der Waals surface area contributed by atoms with Gasteiger partial charge in [0.05, 0.1) is 6.54 Å². The average Bonchev–Trinajstić information content (AvgIpc) is 2.92. The minimum absolute atomic E-state index is 0.00680. The van der Waals surface area contributed by atoms with Crippen molar-refractivity contribution in [3.63, 3.8) is 0 Å². The first-order valence-electron chi connectivity index (χ1n) is 8.69. The van der Waals surface area contributed by atoms with Gasteiger partial charge in [-0.25, -0.2) is 14.8 Å². The fraction of sp³-hybridized carbons (Fsp3) is 0.647. The summed E-state index contributed by atoms with van der Waals surface area (Å²) in [6.07, 6.45) is 10.6. The highest BCUT2D eigenvalue weighted by Gasteiger charge is 2.29. The van der Waals surface area contributed by atoms with Gasteiger partial charge in [-0.1, -0.05) is 25.7 Å². The highest BCUT2D eigenvalue weighted by atomic mass is 16.5. The maximum Gasteiger partial charge on any atom is 0.317 e. The smallest absolute Gasteiger partial charge is 0.317 e. The number of aromatic nitrogens is 2. The molecule has 2 fully saturated rings. The molecule has 2 heterocycles. The first-order valence-corrected chi connectivity index (χ1v) is 8.69. The minimum Gasteiger partial charge on any atom is -0.470 e. The first-order chi connectivity index (χ1) is 11.8. The summed E-state index contributed by atoms with van der Waals surface area (Å²) in [7, 11) is 0. The summed E-state index contributed by atoms with van der Waals surface area (Å²) in [6.45, 7) is 1.17. The van der Waals surface area contributed by atoms with E-state index in [4.69, 9.17) is 10.00 Å². The van der Waals surface area contributed by atoms with Crippen molar-refractivity contribution in [1.29, 1.82) is 5.26 Å². The quantitative estimate of drug-likeness (QED) is 0.859. The van der Waals surface area contributed by atoms with E-state index in [1.54, 1.807) is 4.90 Å². The van der Waals surface area contributed by atoms with Gasteiger partial charge in [-0.3, -0.25) is 0 Å². The van der Waals surface area contributed by atoms with Crippen LogP contribution in [0.25, 0.3) is 0 Å². The van der Waals surface area contributed by atoms with Crippen molar-refractivity contribution in [2.75, 3.05) is 13.1 Å². The maximum atomic E-state index is 12.4. The highest BCUT2D eigenvalue weighted by Crippen LogP contribution is 2.20. The Bertz CT molecular complexity index is 607. The van der Waals surface area contributed by atoms with E-state index >= 15 is 0 Å². The number of carbonyl (C=O) groups excluding carboxylic acids is 1. The SMILES string of the molecule is N#Cc1nccnc1OC1CCN(C(=O)NC2CCCCCC2)C1. The average molecular weight is 329 g/mol. The summed E-state index contributed by atoms with van der Waals surface area (Å²) in [5, 5.41) is 12.2. The van der Waals surface area contributed by atoms with Gasteiger partial charge in [0.2, 0.25) is 5.69 Å². The fourth-order valence-corrected chi connectivity index (χ4v) is 3.34. The second-order valence-corrected chi connectivity index (χ2v) is 6.43. The van der Waals surface area contributed by atoms with Crippen molar-refractivity contribution < 1.29 is 9.53 Å². The van der Waals surface area contributed by atoms with E-state index in [0.29, 0.717) is 19.1 Å². The summed E-state index contributed by atoms with van der Waals surface area (Å²) in [5.74, 6) is 0.246. The first kappa shape index (κ1) is 16.5. The lowest BCUT2D eigenvalue weighted by Crippen LogP contribution is -2.44. The Morgan fingerprint density at radius 3 is 2.71 bits per heavy atom. The molecule has 1 aliphatic carbocycles. The maximum absolute atomic E-state index is 12.4. The number of ether oxygens (including phenoxy) is 1. The number of hydrogen-bond donors (Lipinski definition) is 1. The molecule has 1 unspecified atom stereocenters. The molecule has 0 bridgehead atoms. The molecule has 1 aliphatic heterocycles. The molecule has 1 aromatic heterocycles. The lowest BCUT2D eigenvalue weighted by Gasteiger charge is -2.22. The second kappa shape index (κ2) is 7.95. The van der Waals surface area contributed by atoms with Crippen LogP contribution >= 0.6 is 0 Å². The van der Waals surface area contributed by atoms with E-state index in [9.17, 15) is 4.79 Å². The molecule has 1 atom stereocenters. The third-order valence-corrected chi connectivity index (χ3v) is 4.66. The van der Waals surface area contributed by atoms with E-state index in [1.165, 1.54) is 38.1 Å². The molecule has 7 heteroatoms. The molecule has 0 radical (unpaired) electrons. The van der Waals surface area contributed by atoms with Crippen molar-refractivity contribution in [3.05, 3.63) is 18.1 Å². The summed E-state index contributed by atoms with van der Waals surface area (Å²) >= 11 is 0. The van der Waals surface area contributed by atoms with Crippen molar-refractivity contribution in [3.8, 4) is 11.9 Å². The largest absolute Gasteiger partial charge is 0.470 e. The molecule has 7 nitrogen and oxygen atoms in total. The zero-order chi connectivity index (χ0) is 16.8. The Morgan fingerprint density at radius 2 is 1.96 bits per heavy atom. The fourth-order valence-electron chi connectivity index (χ4n) is 3.34. The van der Waals surface area contributed by atoms with Gasteiger partial charge in [-0.15, -0.1) is 0 Å². The molecule has 0 spiro atoms. The van der Waals surface area contributed by atoms with Gasteiger partial charge in [0.25, 0.3) is 5.88 Å². The van der Waals surface area contributed by atoms with Gasteiger partial charge >= 0.3 is 6.03 Å². The number of nitriles is 1. The zero-order valence-corrected chi connectivity index (χ0v) is 13.8. The van der Waals surface area contributed by atoms with Gasteiger partial charge in [0.15, 0.2) is 0 Å². The molecule has 24 heavy (non-hydrogen) atoms. The van der Waals surface area contributed by atoms with Crippen molar-refractivity contribution in [1.82, 2.24) is 20.2 Å². The van der Waals surface area contributed by atoms with Crippen molar-refractivity contribution >= 4 is 6.03 Å². The molecule has 1 saturated carbocycles. The van der Waals surface area contributed by atoms with E-state index in [2.05, 4.69) is 15.3 Å². The number of nitrogens with zero attached hydrogens (tertiary/aromatic N) is 4. The van der Waals surface area contributed by atoms with Gasteiger partial charge < -0.3 is 15.0 Å². The van der Waals surface area contributed by atoms with Crippen LogP contribution in [0.5, 0.6) is 5.88 Å². The van der Waals surface area contributed by atoms with E-state index < -0.39 is 0 Å². The van der Waals surface area contributed by atoms with E-state index in [0.717, 1.165) is 19.3 Å². The van der Waals surface area contributed by atoms with Crippen molar-refractivity contribution in [2.45, 2.75) is 57.1 Å². The van der Waals surface area contributed by atoms with Crippen LogP contribution in [-0.2, 0) is 0 Å². The third-order valence-electron chi connectivity index (χ3n) is 4.66. The number of urea groups is 1. The van der Waals surface area contributed by atoms with Crippen molar-refractivity contribution in [2.24, 2.45) is 0 Å². The predicted molar refractivity (Wildman–Crippen MR) is 87.4 cm³/mol. The molecule has 0 aromatic carbocycles. The number of rotatable bonds is 3. The van der Waals surface area contributed by atoms with E-state index in [-0.39, 0.29) is 23.7 Å². The standard InChI is InChI=1S/C17H23N5O2/c18-11-15-16(20-9-8-19-15)24-14-7-10-22(12-14)17(23)21-13-5-3-1-2-4-6-13/h8-9,13-14H,1-7,10,12H2,(H,21,23). The number of nitrogens with one attached hydrogen (secondary N) is 1. The molecular weight excluding hydrogens is 306 g/mol. The minimum atomic E-state index is -0.145. The van der Waals surface area contributed by atoms with Crippen LogP contribution in [0.4, 0.5) is 4.79 Å². The summed E-state index contributed by atoms with van der Waals surface area (Å²) in [6, 6.07) is 2.26. The number of carbonyl (C=O) groups is 1. The van der Waals surface area contributed by atoms with E-state index in [1.807, 2.05) is 6.07 Å². The van der Waals surface area contributed by atoms with Gasteiger partial charge in [0, 0.05) is 31.4 Å². The predicted octanol–water partition coefficient (Wildman–Crippen LogP) is 2.23. The lowest BCUT2D eigenvalue weighted by atomic mass is 10.1. The van der Waals surface area contributed by atoms with Gasteiger partial charge in [-0.05, 0) is 12.8 Å². The van der Waals surface area contributed by atoms with Gasteiger partial charge in [0.1, 0.15) is 12.2 Å². The van der Waals surface area contributed by atoms with Crippen LogP contribution in [-0.4, -0.2) is 46.1 Å². The second-order valence-electron chi connectivity index (χ2n) is 6.43. The van der Waals surface area contributed by atoms with Crippen LogP contribution in [0, 0.1) is 11.3 Å².